The maximum Gasteiger partial charge on any atom is 0.491 e. The Kier molecular flexibility index (Phi) is 4.35. The average Bonchev–Trinajstić information content (AvgIpc) is 2.91. The summed E-state index contributed by atoms with van der Waals surface area (Å²) in [5, 5.41) is 3.11. The highest BCUT2D eigenvalue weighted by Crippen LogP contribution is 2.38. The molecular formula is C18H22BNO5. The standard InChI is InChI=1S/C18H22BNO5/c1-17(2)18(3,4)25-19(24-17)12(10-20-5)8-11-6-7-13-14(9-11)16(22)23-15(13)21/h6-9,20H,10H2,1-5H3. The molecule has 0 saturated carbocycles. The van der Waals surface area contributed by atoms with E-state index in [0.29, 0.717) is 12.1 Å². The molecule has 1 fully saturated rings. The van der Waals surface area contributed by atoms with Crippen LogP contribution in [0.5, 0.6) is 0 Å². The third-order valence-corrected chi connectivity index (χ3v) is 4.96. The smallest absolute Gasteiger partial charge is 0.400 e. The van der Waals surface area contributed by atoms with Crippen molar-refractivity contribution in [2.75, 3.05) is 13.6 Å². The van der Waals surface area contributed by atoms with Crippen LogP contribution in [-0.4, -0.2) is 43.9 Å². The molecule has 0 bridgehead atoms. The summed E-state index contributed by atoms with van der Waals surface area (Å²) >= 11 is 0. The fourth-order valence-corrected chi connectivity index (χ4v) is 2.81. The largest absolute Gasteiger partial charge is 0.491 e. The third kappa shape index (κ3) is 3.15. The second-order valence-electron chi connectivity index (χ2n) is 7.32. The Labute approximate surface area is 147 Å². The molecule has 1 N–H and O–H groups in total. The minimum absolute atomic E-state index is 0.288. The Balaban J connectivity index is 1.93. The summed E-state index contributed by atoms with van der Waals surface area (Å²) in [6.45, 7) is 8.57. The lowest BCUT2D eigenvalue weighted by atomic mass is 9.77. The summed E-state index contributed by atoms with van der Waals surface area (Å²) in [5.74, 6) is -1.21. The lowest BCUT2D eigenvalue weighted by Gasteiger charge is -2.32. The van der Waals surface area contributed by atoms with E-state index < -0.39 is 30.3 Å². The van der Waals surface area contributed by atoms with Crippen molar-refractivity contribution in [2.24, 2.45) is 0 Å². The number of carbonyl (C=O) groups is 2. The molecule has 2 aliphatic rings. The van der Waals surface area contributed by atoms with Gasteiger partial charge in [0, 0.05) is 6.54 Å². The first-order valence-electron chi connectivity index (χ1n) is 8.26. The van der Waals surface area contributed by atoms with Gasteiger partial charge in [0.2, 0.25) is 0 Å². The molecule has 0 atom stereocenters. The summed E-state index contributed by atoms with van der Waals surface area (Å²) in [4.78, 5) is 23.3. The van der Waals surface area contributed by atoms with Crippen LogP contribution in [0.2, 0.25) is 0 Å². The summed E-state index contributed by atoms with van der Waals surface area (Å²) in [5.41, 5.74) is 1.41. The van der Waals surface area contributed by atoms with E-state index in [1.165, 1.54) is 0 Å². The van der Waals surface area contributed by atoms with E-state index in [0.717, 1.165) is 11.0 Å². The molecule has 6 nitrogen and oxygen atoms in total. The molecule has 0 amide bonds. The van der Waals surface area contributed by atoms with Gasteiger partial charge in [0.1, 0.15) is 0 Å². The predicted molar refractivity (Wildman–Crippen MR) is 94.2 cm³/mol. The van der Waals surface area contributed by atoms with Crippen LogP contribution in [0, 0.1) is 0 Å². The Morgan fingerprint density at radius 1 is 1.08 bits per heavy atom. The van der Waals surface area contributed by atoms with Crippen LogP contribution in [-0.2, 0) is 14.0 Å². The number of nitrogens with one attached hydrogen (secondary N) is 1. The third-order valence-electron chi connectivity index (χ3n) is 4.96. The number of carbonyl (C=O) groups excluding carboxylic acids is 2. The van der Waals surface area contributed by atoms with Crippen LogP contribution in [0.3, 0.4) is 0 Å². The van der Waals surface area contributed by atoms with Crippen molar-refractivity contribution in [1.82, 2.24) is 5.32 Å². The first-order chi connectivity index (χ1) is 11.6. The van der Waals surface area contributed by atoms with E-state index in [-0.39, 0.29) is 5.56 Å². The van der Waals surface area contributed by atoms with Crippen molar-refractivity contribution in [3.05, 3.63) is 40.4 Å². The van der Waals surface area contributed by atoms with Crippen LogP contribution in [0.15, 0.2) is 23.7 Å². The number of hydrogen-bond acceptors (Lipinski definition) is 6. The normalized spacial score (nSPS) is 21.5. The molecule has 0 aliphatic carbocycles. The minimum atomic E-state index is -0.610. The molecule has 1 saturated heterocycles. The van der Waals surface area contributed by atoms with Gasteiger partial charge in [-0.05, 0) is 57.9 Å². The van der Waals surface area contributed by atoms with Gasteiger partial charge in [0.15, 0.2) is 0 Å². The van der Waals surface area contributed by atoms with Crippen molar-refractivity contribution in [3.63, 3.8) is 0 Å². The summed E-state index contributed by atoms with van der Waals surface area (Å²) in [6.07, 6.45) is 1.91. The highest BCUT2D eigenvalue weighted by Gasteiger charge is 2.52. The van der Waals surface area contributed by atoms with Crippen LogP contribution in [0.1, 0.15) is 54.0 Å². The van der Waals surface area contributed by atoms with Gasteiger partial charge in [0.25, 0.3) is 0 Å². The predicted octanol–water partition coefficient (Wildman–Crippen LogP) is 2.23. The maximum absolute atomic E-state index is 11.7. The Morgan fingerprint density at radius 2 is 1.68 bits per heavy atom. The fraction of sp³-hybridized carbons (Fsp3) is 0.444. The summed E-state index contributed by atoms with van der Waals surface area (Å²) < 4.78 is 16.8. The quantitative estimate of drug-likeness (QED) is 0.513. The molecule has 0 aromatic heterocycles. The van der Waals surface area contributed by atoms with Gasteiger partial charge in [-0.25, -0.2) is 9.59 Å². The second-order valence-corrected chi connectivity index (χ2v) is 7.32. The summed E-state index contributed by atoms with van der Waals surface area (Å²) in [6, 6.07) is 5.04. The molecule has 3 rings (SSSR count). The zero-order valence-electron chi connectivity index (χ0n) is 15.1. The zero-order chi connectivity index (χ0) is 18.4. The molecular weight excluding hydrogens is 321 g/mol. The number of esters is 2. The fourth-order valence-electron chi connectivity index (χ4n) is 2.81. The second kappa shape index (κ2) is 6.09. The van der Waals surface area contributed by atoms with Gasteiger partial charge in [-0.15, -0.1) is 0 Å². The Morgan fingerprint density at radius 3 is 2.28 bits per heavy atom. The van der Waals surface area contributed by atoms with E-state index in [2.05, 4.69) is 10.1 Å². The number of ether oxygens (including phenoxy) is 1. The number of fused-ring (bicyclic) bond motifs is 1. The molecule has 2 aliphatic heterocycles. The van der Waals surface area contributed by atoms with Crippen molar-refractivity contribution in [1.29, 1.82) is 0 Å². The lowest BCUT2D eigenvalue weighted by molar-refractivity contribution is 0.00578. The molecule has 132 valence electrons. The molecule has 1 aromatic rings. The van der Waals surface area contributed by atoms with Crippen LogP contribution < -0.4 is 5.32 Å². The first-order valence-corrected chi connectivity index (χ1v) is 8.26. The van der Waals surface area contributed by atoms with Crippen LogP contribution >= 0.6 is 0 Å². The zero-order valence-corrected chi connectivity index (χ0v) is 15.1. The van der Waals surface area contributed by atoms with E-state index in [1.54, 1.807) is 18.2 Å². The van der Waals surface area contributed by atoms with E-state index in [4.69, 9.17) is 9.31 Å². The van der Waals surface area contributed by atoms with Crippen molar-refractivity contribution in [3.8, 4) is 0 Å². The molecule has 0 radical (unpaired) electrons. The van der Waals surface area contributed by atoms with Crippen molar-refractivity contribution in [2.45, 2.75) is 38.9 Å². The number of rotatable bonds is 4. The Bertz CT molecular complexity index is 753. The average molecular weight is 343 g/mol. The lowest BCUT2D eigenvalue weighted by Crippen LogP contribution is -2.41. The molecule has 2 heterocycles. The van der Waals surface area contributed by atoms with Crippen molar-refractivity contribution >= 4 is 25.1 Å². The number of likely N-dealkylation sites (N-methyl/N-ethyl adjacent to an activating group) is 1. The number of cyclic esters (lactones) is 2. The van der Waals surface area contributed by atoms with Gasteiger partial charge >= 0.3 is 19.1 Å². The first kappa shape index (κ1) is 17.9. The van der Waals surface area contributed by atoms with Gasteiger partial charge in [0.05, 0.1) is 22.3 Å². The monoisotopic (exact) mass is 343 g/mol. The van der Waals surface area contributed by atoms with Gasteiger partial charge in [-0.3, -0.25) is 0 Å². The van der Waals surface area contributed by atoms with E-state index in [9.17, 15) is 9.59 Å². The van der Waals surface area contributed by atoms with Gasteiger partial charge in [-0.2, -0.15) is 0 Å². The molecule has 25 heavy (non-hydrogen) atoms. The van der Waals surface area contributed by atoms with Crippen LogP contribution in [0.4, 0.5) is 0 Å². The summed E-state index contributed by atoms with van der Waals surface area (Å²) in [7, 11) is 1.36. The highest BCUT2D eigenvalue weighted by molar-refractivity contribution is 6.56. The Hall–Kier alpha value is -1.96. The molecule has 7 heteroatoms. The maximum atomic E-state index is 11.7. The molecule has 0 spiro atoms. The SMILES string of the molecule is CNCC(=Cc1ccc2c(c1)C(=O)OC2=O)B1OC(C)(C)C(C)(C)O1. The molecule has 0 unspecified atom stereocenters. The molecule has 1 aromatic carbocycles. The van der Waals surface area contributed by atoms with E-state index >= 15 is 0 Å². The van der Waals surface area contributed by atoms with E-state index in [1.807, 2.05) is 40.8 Å². The number of benzene rings is 1. The van der Waals surface area contributed by atoms with Gasteiger partial charge in [-0.1, -0.05) is 12.1 Å². The van der Waals surface area contributed by atoms with Gasteiger partial charge < -0.3 is 19.4 Å². The number of hydrogen-bond donors (Lipinski definition) is 1. The highest BCUT2D eigenvalue weighted by atomic mass is 16.7. The van der Waals surface area contributed by atoms with Crippen molar-refractivity contribution < 1.29 is 23.6 Å². The van der Waals surface area contributed by atoms with Crippen LogP contribution in [0.25, 0.3) is 6.08 Å². The minimum Gasteiger partial charge on any atom is -0.400 e. The topological polar surface area (TPSA) is 73.9 Å².